The molecule has 0 amide bonds. The first-order valence-electron chi connectivity index (χ1n) is 6.04. The van der Waals surface area contributed by atoms with Crippen LogP contribution in [0.3, 0.4) is 0 Å². The van der Waals surface area contributed by atoms with Crippen molar-refractivity contribution >= 4 is 39.0 Å². The summed E-state index contributed by atoms with van der Waals surface area (Å²) in [5.41, 5.74) is 2.16. The summed E-state index contributed by atoms with van der Waals surface area (Å²) < 4.78 is 0.832. The SMILES string of the molecule is C=C(CC(=O)c1ccccc1)Nc1ccc(Cl)cc1Br. The molecule has 0 heterocycles. The predicted molar refractivity (Wildman–Crippen MR) is 87.3 cm³/mol. The van der Waals surface area contributed by atoms with Crippen molar-refractivity contribution in [1.82, 2.24) is 0 Å². The number of hydrogen-bond donors (Lipinski definition) is 1. The number of benzene rings is 2. The van der Waals surface area contributed by atoms with E-state index in [1.54, 1.807) is 24.3 Å². The van der Waals surface area contributed by atoms with E-state index < -0.39 is 0 Å². The summed E-state index contributed by atoms with van der Waals surface area (Å²) in [5.74, 6) is 0.0354. The van der Waals surface area contributed by atoms with Gasteiger partial charge in [0.05, 0.1) is 12.1 Å². The molecule has 0 aliphatic rings. The molecule has 0 fully saturated rings. The maximum atomic E-state index is 12.1. The second-order valence-electron chi connectivity index (χ2n) is 4.32. The largest absolute Gasteiger partial charge is 0.358 e. The Morgan fingerprint density at radius 2 is 1.90 bits per heavy atom. The first kappa shape index (κ1) is 14.8. The van der Waals surface area contributed by atoms with Crippen LogP contribution < -0.4 is 5.32 Å². The van der Waals surface area contributed by atoms with Gasteiger partial charge >= 0.3 is 0 Å². The highest BCUT2D eigenvalue weighted by molar-refractivity contribution is 9.10. The van der Waals surface area contributed by atoms with Gasteiger partial charge in [0, 0.05) is 20.8 Å². The van der Waals surface area contributed by atoms with E-state index in [4.69, 9.17) is 11.6 Å². The van der Waals surface area contributed by atoms with Gasteiger partial charge in [0.15, 0.2) is 5.78 Å². The lowest BCUT2D eigenvalue weighted by Crippen LogP contribution is -2.06. The standard InChI is InChI=1S/C16H13BrClNO/c1-11(9-16(20)12-5-3-2-4-6-12)19-15-8-7-13(18)10-14(15)17/h2-8,10,19H,1,9H2. The molecule has 0 aliphatic heterocycles. The maximum absolute atomic E-state index is 12.1. The van der Waals surface area contributed by atoms with Crippen LogP contribution in [0.1, 0.15) is 16.8 Å². The third kappa shape index (κ3) is 3.95. The van der Waals surface area contributed by atoms with Crippen LogP contribution in [-0.2, 0) is 0 Å². The molecule has 2 aromatic rings. The fraction of sp³-hybridized carbons (Fsp3) is 0.0625. The molecule has 2 nitrogen and oxygen atoms in total. The molecular formula is C16H13BrClNO. The third-order valence-corrected chi connectivity index (χ3v) is 3.60. The summed E-state index contributed by atoms with van der Waals surface area (Å²) in [6, 6.07) is 14.6. The fourth-order valence-corrected chi connectivity index (χ4v) is 2.53. The average Bonchev–Trinajstić information content (AvgIpc) is 2.43. The number of rotatable bonds is 5. The number of ketones is 1. The number of halogens is 2. The van der Waals surface area contributed by atoms with Gasteiger partial charge in [0.25, 0.3) is 0 Å². The third-order valence-electron chi connectivity index (χ3n) is 2.71. The van der Waals surface area contributed by atoms with Crippen LogP contribution in [0.15, 0.2) is 65.3 Å². The zero-order valence-electron chi connectivity index (χ0n) is 10.7. The van der Waals surface area contributed by atoms with Crippen LogP contribution in [0.5, 0.6) is 0 Å². The summed E-state index contributed by atoms with van der Waals surface area (Å²) in [7, 11) is 0. The van der Waals surface area contributed by atoms with Gasteiger partial charge in [0.2, 0.25) is 0 Å². The van der Waals surface area contributed by atoms with Crippen LogP contribution in [0, 0.1) is 0 Å². The Bertz CT molecular complexity index is 640. The molecule has 0 atom stereocenters. The number of carbonyl (C=O) groups excluding carboxylic acids is 1. The number of Topliss-reactive ketones (excluding diaryl/α,β-unsaturated/α-hetero) is 1. The Hall–Kier alpha value is -1.58. The van der Waals surface area contributed by atoms with E-state index in [1.165, 1.54) is 0 Å². The van der Waals surface area contributed by atoms with Gasteiger partial charge in [-0.2, -0.15) is 0 Å². The topological polar surface area (TPSA) is 29.1 Å². The Morgan fingerprint density at radius 1 is 1.20 bits per heavy atom. The quantitative estimate of drug-likeness (QED) is 0.741. The van der Waals surface area contributed by atoms with Crippen molar-refractivity contribution in [3.8, 4) is 0 Å². The van der Waals surface area contributed by atoms with Crippen LogP contribution in [-0.4, -0.2) is 5.78 Å². The second-order valence-corrected chi connectivity index (χ2v) is 5.61. The lowest BCUT2D eigenvalue weighted by Gasteiger charge is -2.11. The van der Waals surface area contributed by atoms with Gasteiger partial charge < -0.3 is 5.32 Å². The van der Waals surface area contributed by atoms with Gasteiger partial charge in [0.1, 0.15) is 0 Å². The number of allylic oxidation sites excluding steroid dienone is 1. The van der Waals surface area contributed by atoms with E-state index in [9.17, 15) is 4.79 Å². The van der Waals surface area contributed by atoms with Crippen molar-refractivity contribution in [2.45, 2.75) is 6.42 Å². The first-order chi connectivity index (χ1) is 9.56. The molecule has 1 N–H and O–H groups in total. The molecule has 0 spiro atoms. The summed E-state index contributed by atoms with van der Waals surface area (Å²) in [4.78, 5) is 12.1. The highest BCUT2D eigenvalue weighted by atomic mass is 79.9. The molecule has 0 radical (unpaired) electrons. The first-order valence-corrected chi connectivity index (χ1v) is 7.21. The van der Waals surface area contributed by atoms with E-state index in [-0.39, 0.29) is 12.2 Å². The molecule has 0 aliphatic carbocycles. The average molecular weight is 351 g/mol. The van der Waals surface area contributed by atoms with Gasteiger partial charge in [-0.25, -0.2) is 0 Å². The number of carbonyl (C=O) groups is 1. The molecule has 102 valence electrons. The molecule has 0 bridgehead atoms. The summed E-state index contributed by atoms with van der Waals surface area (Å²) in [6.07, 6.45) is 0.249. The molecule has 20 heavy (non-hydrogen) atoms. The minimum atomic E-state index is 0.0354. The van der Waals surface area contributed by atoms with Crippen molar-refractivity contribution in [2.24, 2.45) is 0 Å². The highest BCUT2D eigenvalue weighted by Crippen LogP contribution is 2.27. The van der Waals surface area contributed by atoms with E-state index in [0.29, 0.717) is 16.3 Å². The zero-order valence-corrected chi connectivity index (χ0v) is 13.0. The van der Waals surface area contributed by atoms with E-state index in [0.717, 1.165) is 10.2 Å². The van der Waals surface area contributed by atoms with E-state index in [2.05, 4.69) is 27.8 Å². The lowest BCUT2D eigenvalue weighted by molar-refractivity contribution is 0.0993. The van der Waals surface area contributed by atoms with Crippen molar-refractivity contribution in [1.29, 1.82) is 0 Å². The minimum absolute atomic E-state index is 0.0354. The van der Waals surface area contributed by atoms with Crippen molar-refractivity contribution in [3.63, 3.8) is 0 Å². The summed E-state index contributed by atoms with van der Waals surface area (Å²) in [6.45, 7) is 3.89. The molecule has 4 heteroatoms. The van der Waals surface area contributed by atoms with Crippen LogP contribution in [0.25, 0.3) is 0 Å². The molecule has 2 rings (SSSR count). The summed E-state index contributed by atoms with van der Waals surface area (Å²) in [5, 5.41) is 3.76. The van der Waals surface area contributed by atoms with Crippen LogP contribution in [0.2, 0.25) is 5.02 Å². The van der Waals surface area contributed by atoms with Crippen LogP contribution >= 0.6 is 27.5 Å². The van der Waals surface area contributed by atoms with E-state index in [1.807, 2.05) is 24.3 Å². The minimum Gasteiger partial charge on any atom is -0.358 e. The Labute approximate surface area is 131 Å². The summed E-state index contributed by atoms with van der Waals surface area (Å²) >= 11 is 9.30. The molecule has 0 saturated heterocycles. The smallest absolute Gasteiger partial charge is 0.168 e. The Morgan fingerprint density at radius 3 is 2.55 bits per heavy atom. The van der Waals surface area contributed by atoms with Gasteiger partial charge in [-0.05, 0) is 34.1 Å². The zero-order chi connectivity index (χ0) is 14.5. The highest BCUT2D eigenvalue weighted by Gasteiger charge is 2.08. The van der Waals surface area contributed by atoms with Crippen molar-refractivity contribution < 1.29 is 4.79 Å². The number of hydrogen-bond acceptors (Lipinski definition) is 2. The lowest BCUT2D eigenvalue weighted by atomic mass is 10.1. The normalized spacial score (nSPS) is 10.1. The Kier molecular flexibility index (Phi) is 4.99. The monoisotopic (exact) mass is 349 g/mol. The van der Waals surface area contributed by atoms with Crippen molar-refractivity contribution in [3.05, 3.63) is 75.9 Å². The molecule has 2 aromatic carbocycles. The fourth-order valence-electron chi connectivity index (χ4n) is 1.75. The van der Waals surface area contributed by atoms with Crippen LogP contribution in [0.4, 0.5) is 5.69 Å². The molecule has 0 aromatic heterocycles. The van der Waals surface area contributed by atoms with E-state index >= 15 is 0 Å². The second kappa shape index (κ2) is 6.73. The Balaban J connectivity index is 2.01. The maximum Gasteiger partial charge on any atom is 0.168 e. The van der Waals surface area contributed by atoms with Gasteiger partial charge in [-0.15, -0.1) is 0 Å². The molecule has 0 unspecified atom stereocenters. The number of anilines is 1. The number of nitrogens with one attached hydrogen (secondary N) is 1. The predicted octanol–water partition coefficient (Wildman–Crippen LogP) is 5.30. The van der Waals surface area contributed by atoms with Crippen molar-refractivity contribution in [2.75, 3.05) is 5.32 Å². The molecular weight excluding hydrogens is 338 g/mol. The van der Waals surface area contributed by atoms with Gasteiger partial charge in [-0.1, -0.05) is 48.5 Å². The molecule has 0 saturated carbocycles. The van der Waals surface area contributed by atoms with Gasteiger partial charge in [-0.3, -0.25) is 4.79 Å².